The van der Waals surface area contributed by atoms with Gasteiger partial charge < -0.3 is 48.3 Å². The lowest BCUT2D eigenvalue weighted by Crippen LogP contribution is -2.66. The Labute approximate surface area is 227 Å². The van der Waals surface area contributed by atoms with Crippen LogP contribution in [0.15, 0.2) is 0 Å². The molecular weight excluding hydrogens is 596 g/mol. The first-order valence-electron chi connectivity index (χ1n) is 8.01. The molecule has 0 unspecified atom stereocenters. The van der Waals surface area contributed by atoms with Crippen LogP contribution in [0.25, 0.3) is 0 Å². The maximum absolute atomic E-state index is 5.52. The van der Waals surface area contributed by atoms with Crippen molar-refractivity contribution in [2.45, 2.75) is 0 Å². The second kappa shape index (κ2) is 12.0. The average Bonchev–Trinajstić information content (AvgIpc) is 2.48. The summed E-state index contributed by atoms with van der Waals surface area (Å²) in [6, 6.07) is 0. The summed E-state index contributed by atoms with van der Waals surface area (Å²) in [6.45, 7) is 0. The van der Waals surface area contributed by atoms with E-state index in [2.05, 4.69) is 0 Å². The summed E-state index contributed by atoms with van der Waals surface area (Å²) in [5.41, 5.74) is 0. The summed E-state index contributed by atoms with van der Waals surface area (Å²) in [7, 11) is 0. The van der Waals surface area contributed by atoms with Crippen LogP contribution >= 0.6 is 0 Å². The molecule has 0 bridgehead atoms. The third-order valence-electron chi connectivity index (χ3n) is 3.56. The summed E-state index contributed by atoms with van der Waals surface area (Å²) in [6.07, 6.45) is 0. The Balaban J connectivity index is 0.777. The van der Waals surface area contributed by atoms with Gasteiger partial charge in [0.15, 0.2) is 0 Å². The lowest BCUT2D eigenvalue weighted by Gasteiger charge is -2.39. The van der Waals surface area contributed by atoms with Crippen molar-refractivity contribution in [2.75, 3.05) is 0 Å². The van der Waals surface area contributed by atoms with Gasteiger partial charge in [0.05, 0.1) is 0 Å². The van der Waals surface area contributed by atoms with E-state index in [0.29, 0.717) is 0 Å². The summed E-state index contributed by atoms with van der Waals surface area (Å²) in [5.74, 6) is 0. The molecule has 6 aliphatic heterocycles. The van der Waals surface area contributed by atoms with Crippen LogP contribution < -0.4 is 0 Å². The minimum atomic E-state index is -2.25. The van der Waals surface area contributed by atoms with Crippen molar-refractivity contribution in [3.8, 4) is 0 Å². The van der Waals surface area contributed by atoms with Crippen molar-refractivity contribution in [3.05, 3.63) is 0 Å². The van der Waals surface area contributed by atoms with Gasteiger partial charge in [-0.05, 0) is 0 Å². The molecule has 17 nitrogen and oxygen atoms in total. The first-order valence-corrected chi connectivity index (χ1v) is 24.0. The maximum atomic E-state index is 5.52. The maximum Gasteiger partial charge on any atom is 0.821 e. The Hall–Kier alpha value is 5.71. The monoisotopic (exact) mass is 596 g/mol. The van der Waals surface area contributed by atoms with Gasteiger partial charge in [-0.15, -0.1) is 0 Å². The Morgan fingerprint density at radius 3 is 0.690 bits per heavy atom. The lowest BCUT2D eigenvalue weighted by molar-refractivity contribution is 0.0551. The van der Waals surface area contributed by atoms with Crippen molar-refractivity contribution in [1.29, 1.82) is 0 Å². The van der Waals surface area contributed by atoms with E-state index < -0.39 is 151 Å². The third kappa shape index (κ3) is 6.98. The molecule has 0 saturated carbocycles. The van der Waals surface area contributed by atoms with E-state index in [1.165, 1.54) is 0 Å². The molecule has 0 aromatic heterocycles. The van der Waals surface area contributed by atoms with Crippen LogP contribution in [-0.4, -0.2) is 183 Å². The molecule has 0 amide bonds. The molecule has 6 heterocycles. The second-order valence-electron chi connectivity index (χ2n) is 5.39. The molecule has 138 valence electrons. The van der Waals surface area contributed by atoms with Gasteiger partial charge in [-0.1, -0.05) is 0 Å². The fourth-order valence-electron chi connectivity index (χ4n) is 2.06. The van der Waals surface area contributed by atoms with Crippen LogP contribution in [0.5, 0.6) is 0 Å². The predicted octanol–water partition coefficient (Wildman–Crippen LogP) is -5.73. The minimum Gasteiger partial charge on any atom is -0.576 e. The normalized spacial score (nSPS) is 25.5. The van der Waals surface area contributed by atoms with E-state index in [9.17, 15) is 0 Å². The largest absolute Gasteiger partial charge is 0.821 e. The fourth-order valence-corrected chi connectivity index (χ4v) is 30.1. The highest BCUT2D eigenvalue weighted by atomic mass is 27.5. The quantitative estimate of drug-likeness (QED) is 0.220. The Kier molecular flexibility index (Phi) is 10.4. The zero-order valence-corrected chi connectivity index (χ0v) is 27.7. The first kappa shape index (κ1) is 25.0. The third-order valence-corrected chi connectivity index (χ3v) is 32.0. The Morgan fingerprint density at radius 1 is 0.310 bits per heavy atom. The van der Waals surface area contributed by atoms with Gasteiger partial charge in [0.25, 0.3) is 0 Å². The topological polar surface area (TPSA) is 157 Å². The molecular formula is Al12O17. The van der Waals surface area contributed by atoms with Gasteiger partial charge in [0.2, 0.25) is 0 Å². The Bertz CT molecular complexity index is 499. The second-order valence-corrected chi connectivity index (χ2v) is 30.1. The van der Waals surface area contributed by atoms with Crippen molar-refractivity contribution in [2.24, 2.45) is 0 Å². The summed E-state index contributed by atoms with van der Waals surface area (Å²) < 4.78 is 91.8. The number of rotatable bonds is 10. The van der Waals surface area contributed by atoms with Crippen molar-refractivity contribution in [1.82, 2.24) is 0 Å². The van der Waals surface area contributed by atoms with Gasteiger partial charge in [0.1, 0.15) is 0 Å². The molecule has 6 aliphatic rings. The molecule has 2 radical (unpaired) electrons. The van der Waals surface area contributed by atoms with E-state index in [0.717, 1.165) is 0 Å². The van der Waals surface area contributed by atoms with Gasteiger partial charge in [0, 0.05) is 0 Å². The molecule has 29 heavy (non-hydrogen) atoms. The molecule has 0 aromatic rings. The molecule has 0 spiro atoms. The van der Waals surface area contributed by atoms with Crippen LogP contribution in [0.3, 0.4) is 0 Å². The van der Waals surface area contributed by atoms with E-state index in [-0.39, 0.29) is 31.8 Å². The van der Waals surface area contributed by atoms with Crippen LogP contribution in [0.4, 0.5) is 0 Å². The van der Waals surface area contributed by atoms with Crippen LogP contribution in [0, 0.1) is 0 Å². The Morgan fingerprint density at radius 2 is 0.517 bits per heavy atom. The lowest BCUT2D eigenvalue weighted by atomic mass is 15.5. The molecule has 6 saturated heterocycles. The summed E-state index contributed by atoms with van der Waals surface area (Å²) in [4.78, 5) is 0. The van der Waals surface area contributed by atoms with E-state index in [1.807, 2.05) is 0 Å². The van der Waals surface area contributed by atoms with Crippen molar-refractivity contribution in [3.63, 3.8) is 0 Å². The molecule has 29 heteroatoms. The average molecular weight is 596 g/mol. The molecule has 0 N–H and O–H groups in total. The minimum absolute atomic E-state index is 0.356. The predicted molar refractivity (Wildman–Crippen MR) is 87.5 cm³/mol. The number of hydrogen-bond donors (Lipinski definition) is 0. The highest BCUT2D eigenvalue weighted by molar-refractivity contribution is 6.81. The summed E-state index contributed by atoms with van der Waals surface area (Å²) >= 11 is -22.2. The molecule has 6 rings (SSSR count). The highest BCUT2D eigenvalue weighted by Crippen LogP contribution is 2.23. The van der Waals surface area contributed by atoms with Gasteiger partial charge in [-0.2, -0.15) is 0 Å². The van der Waals surface area contributed by atoms with Gasteiger partial charge >= 0.3 is 183 Å². The molecule has 0 aliphatic carbocycles. The van der Waals surface area contributed by atoms with Crippen LogP contribution in [-0.2, 0) is 48.3 Å². The summed E-state index contributed by atoms with van der Waals surface area (Å²) in [5, 5.41) is 0. The zero-order valence-electron chi connectivity index (χ0n) is 13.9. The van der Waals surface area contributed by atoms with Crippen molar-refractivity contribution >= 4 is 183 Å². The molecule has 0 aromatic carbocycles. The standard InChI is InChI=1S/12Al.17O. The van der Waals surface area contributed by atoms with Crippen LogP contribution in [0.2, 0.25) is 0 Å². The number of hydrogen-bond acceptors (Lipinski definition) is 17. The van der Waals surface area contributed by atoms with Crippen molar-refractivity contribution < 1.29 is 48.3 Å². The van der Waals surface area contributed by atoms with Crippen LogP contribution in [0.1, 0.15) is 0 Å². The smallest absolute Gasteiger partial charge is 0.576 e. The van der Waals surface area contributed by atoms with E-state index in [1.54, 1.807) is 0 Å². The fraction of sp³-hybridized carbons (Fsp3) is 0. The SMILES string of the molecule is [O]1[Al][O][Al]1[O][Al]1[O][Al]([O][Al]2[O][Al]([O][Al]3[O][Al]([O][Al]4[O][Al]([O][Al]5[O][Al][O]5)[O]4)[O]3)[O]2)[O]1. The highest BCUT2D eigenvalue weighted by Gasteiger charge is 2.68. The van der Waals surface area contributed by atoms with E-state index >= 15 is 0 Å². The first-order chi connectivity index (χ1) is 14.2. The van der Waals surface area contributed by atoms with Gasteiger partial charge in [-0.25, -0.2) is 0 Å². The zero-order chi connectivity index (χ0) is 19.2. The van der Waals surface area contributed by atoms with Gasteiger partial charge in [-0.3, -0.25) is 0 Å². The molecule has 0 atom stereocenters. The van der Waals surface area contributed by atoms with E-state index in [4.69, 9.17) is 48.3 Å². The molecule has 6 fully saturated rings.